The van der Waals surface area contributed by atoms with E-state index in [4.69, 9.17) is 11.6 Å². The maximum Gasteiger partial charge on any atom is 0.268 e. The molecule has 2 bridgehead atoms. The first-order valence-electron chi connectivity index (χ1n) is 9.01. The molecule has 0 unspecified atom stereocenters. The number of nitrogens with zero attached hydrogens (tertiary/aromatic N) is 2. The number of fused-ring (bicyclic) bond motifs is 3. The van der Waals surface area contributed by atoms with Crippen molar-refractivity contribution >= 4 is 17.5 Å². The van der Waals surface area contributed by atoms with Crippen LogP contribution in [-0.4, -0.2) is 40.5 Å². The molecule has 3 saturated heterocycles. The Bertz CT molecular complexity index is 790. The second-order valence-electron chi connectivity index (χ2n) is 7.29. The van der Waals surface area contributed by atoms with Crippen LogP contribution in [0.2, 0.25) is 5.02 Å². The molecule has 4 heterocycles. The highest BCUT2D eigenvalue weighted by Crippen LogP contribution is 2.32. The lowest BCUT2D eigenvalue weighted by atomic mass is 9.79. The number of carbonyl (C=O) groups excluding carboxylic acids is 1. The molecule has 2 aromatic rings. The maximum absolute atomic E-state index is 12.9. The minimum Gasteiger partial charge on any atom is -0.346 e. The largest absolute Gasteiger partial charge is 0.346 e. The van der Waals surface area contributed by atoms with Gasteiger partial charge in [0.1, 0.15) is 5.69 Å². The van der Waals surface area contributed by atoms with Crippen LogP contribution in [0.15, 0.2) is 36.4 Å². The molecule has 1 aromatic carbocycles. The van der Waals surface area contributed by atoms with Crippen molar-refractivity contribution in [1.29, 1.82) is 0 Å². The van der Waals surface area contributed by atoms with Gasteiger partial charge in [-0.25, -0.2) is 0 Å². The molecule has 0 spiro atoms. The van der Waals surface area contributed by atoms with Crippen molar-refractivity contribution in [2.75, 3.05) is 13.1 Å². The Morgan fingerprint density at radius 2 is 1.96 bits per heavy atom. The van der Waals surface area contributed by atoms with Crippen LogP contribution in [0.5, 0.6) is 0 Å². The summed E-state index contributed by atoms with van der Waals surface area (Å²) in [6, 6.07) is 12.3. The summed E-state index contributed by atoms with van der Waals surface area (Å²) < 4.78 is 1.95. The fraction of sp³-hybridized carbons (Fsp3) is 0.450. The highest BCUT2D eigenvalue weighted by Gasteiger charge is 2.40. The molecule has 0 saturated carbocycles. The van der Waals surface area contributed by atoms with Crippen LogP contribution in [0.25, 0.3) is 11.3 Å². The van der Waals surface area contributed by atoms with Crippen molar-refractivity contribution in [1.82, 2.24) is 14.8 Å². The molecular weight excluding hydrogens is 334 g/mol. The Labute approximate surface area is 153 Å². The van der Waals surface area contributed by atoms with E-state index in [1.807, 2.05) is 48.0 Å². The summed E-state index contributed by atoms with van der Waals surface area (Å²) in [5.74, 6) is 0.623. The van der Waals surface area contributed by atoms with Gasteiger partial charge in [-0.05, 0) is 68.6 Å². The first kappa shape index (κ1) is 16.7. The third kappa shape index (κ3) is 2.98. The first-order valence-corrected chi connectivity index (χ1v) is 9.39. The Morgan fingerprint density at radius 3 is 2.64 bits per heavy atom. The summed E-state index contributed by atoms with van der Waals surface area (Å²) in [5.41, 5.74) is 2.71. The number of hydrogen-bond donors (Lipinski definition) is 1. The molecule has 0 radical (unpaired) electrons. The van der Waals surface area contributed by atoms with Crippen molar-refractivity contribution in [2.24, 2.45) is 13.0 Å². The predicted molar refractivity (Wildman–Crippen MR) is 101 cm³/mol. The zero-order valence-corrected chi connectivity index (χ0v) is 15.5. The van der Waals surface area contributed by atoms with Gasteiger partial charge < -0.3 is 9.88 Å². The van der Waals surface area contributed by atoms with Gasteiger partial charge >= 0.3 is 0 Å². The van der Waals surface area contributed by atoms with E-state index in [9.17, 15) is 4.79 Å². The highest BCUT2D eigenvalue weighted by atomic mass is 35.5. The van der Waals surface area contributed by atoms with Gasteiger partial charge in [-0.3, -0.25) is 9.69 Å². The number of halogens is 1. The molecule has 1 amide bonds. The molecule has 5 rings (SSSR count). The normalized spacial score (nSPS) is 28.1. The van der Waals surface area contributed by atoms with E-state index in [0.29, 0.717) is 22.7 Å². The van der Waals surface area contributed by atoms with Gasteiger partial charge in [-0.2, -0.15) is 0 Å². The van der Waals surface area contributed by atoms with Crippen LogP contribution in [0, 0.1) is 5.92 Å². The molecular formula is C20H24ClN3O. The summed E-state index contributed by atoms with van der Waals surface area (Å²) in [7, 11) is 1.94. The molecule has 3 fully saturated rings. The molecule has 0 aliphatic carbocycles. The van der Waals surface area contributed by atoms with Gasteiger partial charge in [-0.15, -0.1) is 0 Å². The number of hydrogen-bond acceptors (Lipinski definition) is 2. The SMILES string of the molecule is C[C@H]1[C@H](NC(=O)c2ccc(-c3cccc(Cl)c3)n2C)C2CCN1CC2. The third-order valence-electron chi connectivity index (χ3n) is 5.95. The van der Waals surface area contributed by atoms with Crippen molar-refractivity contribution in [3.8, 4) is 11.3 Å². The maximum atomic E-state index is 12.9. The molecule has 132 valence electrons. The van der Waals surface area contributed by atoms with Gasteiger partial charge in [-0.1, -0.05) is 23.7 Å². The summed E-state index contributed by atoms with van der Waals surface area (Å²) in [4.78, 5) is 15.4. The lowest BCUT2D eigenvalue weighted by molar-refractivity contribution is 0.0215. The zero-order chi connectivity index (χ0) is 17.6. The fourth-order valence-corrected chi connectivity index (χ4v) is 4.64. The van der Waals surface area contributed by atoms with E-state index in [0.717, 1.165) is 11.3 Å². The molecule has 4 nitrogen and oxygen atoms in total. The Hall–Kier alpha value is -1.78. The van der Waals surface area contributed by atoms with Gasteiger partial charge in [0.2, 0.25) is 0 Å². The quantitative estimate of drug-likeness (QED) is 0.912. The molecule has 3 aliphatic rings. The minimum absolute atomic E-state index is 0.0152. The van der Waals surface area contributed by atoms with Crippen LogP contribution >= 0.6 is 11.6 Å². The van der Waals surface area contributed by atoms with Crippen LogP contribution in [-0.2, 0) is 7.05 Å². The Morgan fingerprint density at radius 1 is 1.20 bits per heavy atom. The van der Waals surface area contributed by atoms with Crippen molar-refractivity contribution in [3.05, 3.63) is 47.1 Å². The lowest BCUT2D eigenvalue weighted by Gasteiger charge is -2.49. The van der Waals surface area contributed by atoms with E-state index in [2.05, 4.69) is 17.1 Å². The average molecular weight is 358 g/mol. The number of amides is 1. The minimum atomic E-state index is 0.0152. The van der Waals surface area contributed by atoms with Crippen LogP contribution < -0.4 is 5.32 Å². The van der Waals surface area contributed by atoms with E-state index in [-0.39, 0.29) is 11.9 Å². The molecule has 2 atom stereocenters. The number of rotatable bonds is 3. The van der Waals surface area contributed by atoms with Crippen molar-refractivity contribution < 1.29 is 4.79 Å². The first-order chi connectivity index (χ1) is 12.0. The van der Waals surface area contributed by atoms with Crippen molar-refractivity contribution in [2.45, 2.75) is 31.8 Å². The topological polar surface area (TPSA) is 37.3 Å². The van der Waals surface area contributed by atoms with E-state index < -0.39 is 0 Å². The molecule has 5 heteroatoms. The number of carbonyl (C=O) groups is 1. The lowest BCUT2D eigenvalue weighted by Crippen LogP contribution is -2.62. The molecule has 1 aromatic heterocycles. The van der Waals surface area contributed by atoms with Gasteiger partial charge in [0.25, 0.3) is 5.91 Å². The number of nitrogens with one attached hydrogen (secondary N) is 1. The van der Waals surface area contributed by atoms with Crippen LogP contribution in [0.3, 0.4) is 0 Å². The van der Waals surface area contributed by atoms with Gasteiger partial charge in [0, 0.05) is 29.8 Å². The molecule has 1 N–H and O–H groups in total. The summed E-state index contributed by atoms with van der Waals surface area (Å²) in [6.07, 6.45) is 2.38. The zero-order valence-electron chi connectivity index (χ0n) is 14.7. The summed E-state index contributed by atoms with van der Waals surface area (Å²) in [6.45, 7) is 4.57. The highest BCUT2D eigenvalue weighted by molar-refractivity contribution is 6.30. The monoisotopic (exact) mass is 357 g/mol. The average Bonchev–Trinajstić information content (AvgIpc) is 3.00. The standard InChI is InChI=1S/C20H24ClN3O/c1-13-19(14-8-10-24(13)11-9-14)22-20(25)18-7-6-17(23(18)2)15-4-3-5-16(21)12-15/h3-7,12-14,19H,8-11H2,1-2H3,(H,22,25)/t13-,19-/m0/s1. The third-order valence-corrected chi connectivity index (χ3v) is 6.19. The summed E-state index contributed by atoms with van der Waals surface area (Å²) >= 11 is 6.10. The second kappa shape index (κ2) is 6.50. The molecule has 25 heavy (non-hydrogen) atoms. The summed E-state index contributed by atoms with van der Waals surface area (Å²) in [5, 5.41) is 4.01. The van der Waals surface area contributed by atoms with Gasteiger partial charge in [0.05, 0.1) is 0 Å². The van der Waals surface area contributed by atoms with Gasteiger partial charge in [0.15, 0.2) is 0 Å². The second-order valence-corrected chi connectivity index (χ2v) is 7.72. The van der Waals surface area contributed by atoms with E-state index in [1.54, 1.807) is 0 Å². The number of piperidine rings is 3. The van der Waals surface area contributed by atoms with E-state index in [1.165, 1.54) is 25.9 Å². The predicted octanol–water partition coefficient (Wildman–Crippen LogP) is 3.56. The van der Waals surface area contributed by atoms with Crippen LogP contribution in [0.4, 0.5) is 0 Å². The number of benzene rings is 1. The number of aromatic nitrogens is 1. The Balaban J connectivity index is 1.55. The van der Waals surface area contributed by atoms with E-state index >= 15 is 0 Å². The van der Waals surface area contributed by atoms with Crippen molar-refractivity contribution in [3.63, 3.8) is 0 Å². The van der Waals surface area contributed by atoms with Crippen LogP contribution in [0.1, 0.15) is 30.3 Å². The smallest absolute Gasteiger partial charge is 0.268 e. The molecule has 3 aliphatic heterocycles. The fourth-order valence-electron chi connectivity index (χ4n) is 4.45. The Kier molecular flexibility index (Phi) is 4.34.